The van der Waals surface area contributed by atoms with Gasteiger partial charge in [0.25, 0.3) is 0 Å². The number of aryl methyl sites for hydroxylation is 1. The smallest absolute Gasteiger partial charge is 0.0184 e. The van der Waals surface area contributed by atoms with Gasteiger partial charge in [0.1, 0.15) is 0 Å². The average Bonchev–Trinajstić information content (AvgIpc) is 2.35. The summed E-state index contributed by atoms with van der Waals surface area (Å²) < 4.78 is 0. The number of allylic oxidation sites excluding steroid dienone is 5. The lowest BCUT2D eigenvalue weighted by atomic mass is 10.0. The third kappa shape index (κ3) is 4.79. The Kier molecular flexibility index (Phi) is 7.87. The topological polar surface area (TPSA) is 0 Å². The third-order valence-electron chi connectivity index (χ3n) is 2.07. The van der Waals surface area contributed by atoms with Gasteiger partial charge in [-0.3, -0.25) is 0 Å². The summed E-state index contributed by atoms with van der Waals surface area (Å²) in [6, 6.07) is 8.46. The van der Waals surface area contributed by atoms with Gasteiger partial charge in [0, 0.05) is 0 Å². The summed E-state index contributed by atoms with van der Waals surface area (Å²) in [4.78, 5) is 0. The average molecular weight is 214 g/mol. The minimum Gasteiger partial charge on any atom is -0.0984 e. The first kappa shape index (κ1) is 14.4. The van der Waals surface area contributed by atoms with Gasteiger partial charge in [-0.1, -0.05) is 74.6 Å². The van der Waals surface area contributed by atoms with Crippen LogP contribution in [-0.4, -0.2) is 0 Å². The van der Waals surface area contributed by atoms with E-state index in [1.165, 1.54) is 11.1 Å². The maximum atomic E-state index is 3.81. The van der Waals surface area contributed by atoms with E-state index in [4.69, 9.17) is 0 Å². The highest BCUT2D eigenvalue weighted by atomic mass is 14.0. The van der Waals surface area contributed by atoms with Gasteiger partial charge in [-0.05, 0) is 25.0 Å². The highest BCUT2D eigenvalue weighted by Crippen LogP contribution is 2.15. The van der Waals surface area contributed by atoms with Crippen molar-refractivity contribution in [3.05, 3.63) is 66.3 Å². The van der Waals surface area contributed by atoms with Crippen LogP contribution in [0.2, 0.25) is 0 Å². The Bertz CT molecular complexity index is 350. The van der Waals surface area contributed by atoms with Crippen molar-refractivity contribution in [1.82, 2.24) is 0 Å². The molecule has 0 saturated carbocycles. The second-order valence-electron chi connectivity index (χ2n) is 3.22. The van der Waals surface area contributed by atoms with E-state index >= 15 is 0 Å². The van der Waals surface area contributed by atoms with Crippen LogP contribution in [0.15, 0.2) is 55.1 Å². The number of hydrogen-bond acceptors (Lipinski definition) is 0. The molecule has 16 heavy (non-hydrogen) atoms. The monoisotopic (exact) mass is 214 g/mol. The zero-order chi connectivity index (χ0) is 12.4. The molecule has 0 spiro atoms. The van der Waals surface area contributed by atoms with Crippen LogP contribution in [0.3, 0.4) is 0 Å². The van der Waals surface area contributed by atoms with E-state index in [1.807, 2.05) is 39.0 Å². The van der Waals surface area contributed by atoms with Gasteiger partial charge < -0.3 is 0 Å². The predicted octanol–water partition coefficient (Wildman–Crippen LogP) is 5.17. The van der Waals surface area contributed by atoms with Crippen LogP contribution >= 0.6 is 0 Å². The molecule has 0 aliphatic carbocycles. The van der Waals surface area contributed by atoms with Crippen molar-refractivity contribution < 1.29 is 0 Å². The molecule has 0 aromatic heterocycles. The highest BCUT2D eigenvalue weighted by Gasteiger charge is 1.94. The predicted molar refractivity (Wildman–Crippen MR) is 75.5 cm³/mol. The van der Waals surface area contributed by atoms with Crippen molar-refractivity contribution in [1.29, 1.82) is 0 Å². The molecule has 86 valence electrons. The van der Waals surface area contributed by atoms with Crippen molar-refractivity contribution in [3.8, 4) is 0 Å². The summed E-state index contributed by atoms with van der Waals surface area (Å²) in [5, 5.41) is 0. The maximum Gasteiger partial charge on any atom is -0.0184 e. The van der Waals surface area contributed by atoms with Crippen LogP contribution < -0.4 is 0 Å². The minimum absolute atomic E-state index is 1.16. The summed E-state index contributed by atoms with van der Waals surface area (Å²) in [6.45, 7) is 11.9. The van der Waals surface area contributed by atoms with E-state index in [0.29, 0.717) is 0 Å². The molecule has 0 aliphatic heterocycles. The summed E-state index contributed by atoms with van der Waals surface area (Å²) in [5.74, 6) is 0. The van der Waals surface area contributed by atoms with E-state index in [-0.39, 0.29) is 0 Å². The first-order valence-electron chi connectivity index (χ1n) is 5.80. The molecular weight excluding hydrogens is 192 g/mol. The van der Waals surface area contributed by atoms with Gasteiger partial charge in [-0.2, -0.15) is 0 Å². The molecular formula is C16H22. The number of hydrogen-bond donors (Lipinski definition) is 0. The van der Waals surface area contributed by atoms with Crippen molar-refractivity contribution >= 4 is 5.57 Å². The standard InChI is InChI=1S/C14H16.C2H6/c1-4-6-7-13(5-2)14-10-8-12(3)9-11-14;1-2/h4-11H,2H2,1,3H3;1-2H3/b6-4+,13-7+;. The first-order valence-corrected chi connectivity index (χ1v) is 5.80. The molecule has 1 aromatic carbocycles. The normalized spacial score (nSPS) is 10.9. The van der Waals surface area contributed by atoms with E-state index in [0.717, 1.165) is 5.57 Å². The lowest BCUT2D eigenvalue weighted by molar-refractivity contribution is 1.45. The minimum atomic E-state index is 1.16. The van der Waals surface area contributed by atoms with Gasteiger partial charge in [0.05, 0.1) is 0 Å². The van der Waals surface area contributed by atoms with Crippen molar-refractivity contribution in [3.63, 3.8) is 0 Å². The van der Waals surface area contributed by atoms with Crippen molar-refractivity contribution in [2.75, 3.05) is 0 Å². The Morgan fingerprint density at radius 1 is 1.12 bits per heavy atom. The van der Waals surface area contributed by atoms with E-state index in [2.05, 4.69) is 43.8 Å². The van der Waals surface area contributed by atoms with E-state index in [9.17, 15) is 0 Å². The fraction of sp³-hybridized carbons (Fsp3) is 0.250. The molecule has 0 N–H and O–H groups in total. The first-order chi connectivity index (χ1) is 7.77. The van der Waals surface area contributed by atoms with Gasteiger partial charge >= 0.3 is 0 Å². The molecule has 0 fully saturated rings. The number of benzene rings is 1. The summed E-state index contributed by atoms with van der Waals surface area (Å²) >= 11 is 0. The van der Waals surface area contributed by atoms with Crippen LogP contribution in [0.25, 0.3) is 5.57 Å². The SMILES string of the molecule is C=C/C(=C\C=C\C)c1ccc(C)cc1.CC. The molecule has 0 nitrogen and oxygen atoms in total. The molecule has 1 aromatic rings. The highest BCUT2D eigenvalue weighted by molar-refractivity contribution is 5.74. The van der Waals surface area contributed by atoms with Crippen LogP contribution in [-0.2, 0) is 0 Å². The molecule has 0 radical (unpaired) electrons. The fourth-order valence-corrected chi connectivity index (χ4v) is 1.23. The molecule has 0 atom stereocenters. The zero-order valence-electron chi connectivity index (χ0n) is 10.8. The third-order valence-corrected chi connectivity index (χ3v) is 2.07. The van der Waals surface area contributed by atoms with Crippen LogP contribution in [0, 0.1) is 6.92 Å². The molecule has 0 heterocycles. The van der Waals surface area contributed by atoms with Crippen molar-refractivity contribution in [2.45, 2.75) is 27.7 Å². The van der Waals surface area contributed by atoms with E-state index in [1.54, 1.807) is 0 Å². The van der Waals surface area contributed by atoms with Gasteiger partial charge in [-0.15, -0.1) is 0 Å². The number of rotatable bonds is 3. The zero-order valence-corrected chi connectivity index (χ0v) is 10.8. The van der Waals surface area contributed by atoms with Gasteiger partial charge in [0.2, 0.25) is 0 Å². The summed E-state index contributed by atoms with van der Waals surface area (Å²) in [5.41, 5.74) is 3.65. The Labute approximate surface area is 100 Å². The van der Waals surface area contributed by atoms with Gasteiger partial charge in [0.15, 0.2) is 0 Å². The lowest BCUT2D eigenvalue weighted by Crippen LogP contribution is -1.80. The molecule has 0 heteroatoms. The Morgan fingerprint density at radius 2 is 1.69 bits per heavy atom. The summed E-state index contributed by atoms with van der Waals surface area (Å²) in [6.07, 6.45) is 7.98. The van der Waals surface area contributed by atoms with E-state index < -0.39 is 0 Å². The molecule has 0 aliphatic rings. The molecule has 0 unspecified atom stereocenters. The van der Waals surface area contributed by atoms with Crippen LogP contribution in [0.1, 0.15) is 31.9 Å². The van der Waals surface area contributed by atoms with Crippen molar-refractivity contribution in [2.24, 2.45) is 0 Å². The second-order valence-corrected chi connectivity index (χ2v) is 3.22. The molecule has 0 bridgehead atoms. The maximum absolute atomic E-state index is 3.81. The molecule has 0 saturated heterocycles. The lowest BCUT2D eigenvalue weighted by Gasteiger charge is -2.01. The second kappa shape index (κ2) is 8.72. The Hall–Kier alpha value is -1.56. The van der Waals surface area contributed by atoms with Crippen LogP contribution in [0.5, 0.6) is 0 Å². The summed E-state index contributed by atoms with van der Waals surface area (Å²) in [7, 11) is 0. The van der Waals surface area contributed by atoms with Crippen LogP contribution in [0.4, 0.5) is 0 Å². The quantitative estimate of drug-likeness (QED) is 0.609. The van der Waals surface area contributed by atoms with Gasteiger partial charge in [-0.25, -0.2) is 0 Å². The largest absolute Gasteiger partial charge is 0.0984 e. The Balaban J connectivity index is 0.00000106. The Morgan fingerprint density at radius 3 is 2.12 bits per heavy atom. The molecule has 0 amide bonds. The molecule has 1 rings (SSSR count). The fourth-order valence-electron chi connectivity index (χ4n) is 1.23.